The second-order valence-corrected chi connectivity index (χ2v) is 46.0. The number of terminal acetylenes is 6. The summed E-state index contributed by atoms with van der Waals surface area (Å²) in [7, 11) is 7.97. The normalized spacial score (nSPS) is 21.4. The highest BCUT2D eigenvalue weighted by atomic mass is 16.5. The number of H-pyrrole nitrogens is 2. The van der Waals surface area contributed by atoms with Gasteiger partial charge in [0.25, 0.3) is 11.1 Å². The van der Waals surface area contributed by atoms with E-state index in [9.17, 15) is 33.9 Å². The van der Waals surface area contributed by atoms with E-state index in [1.54, 1.807) is 7.11 Å². The minimum Gasteiger partial charge on any atom is -0.497 e. The Labute approximate surface area is 858 Å². The van der Waals surface area contributed by atoms with Crippen molar-refractivity contribution in [3.8, 4) is 79.8 Å². The third-order valence-electron chi connectivity index (χ3n) is 36.9. The molecule has 7 saturated carbocycles. The van der Waals surface area contributed by atoms with Crippen LogP contribution >= 0.6 is 0 Å². The molecule has 25 rings (SSSR count). The Hall–Kier alpha value is -12.9. The average Bonchev–Trinajstić information content (AvgIpc) is 1.65. The highest BCUT2D eigenvalue weighted by molar-refractivity contribution is 6.13. The number of methoxy groups -OCH3 is 1. The molecule has 145 heavy (non-hydrogen) atoms. The number of anilines is 3. The third kappa shape index (κ3) is 20.3. The first-order valence-corrected chi connectivity index (χ1v) is 53.9. The lowest BCUT2D eigenvalue weighted by Crippen LogP contribution is -2.44. The van der Waals surface area contributed by atoms with Gasteiger partial charge in [-0.2, -0.15) is 0 Å². The molecule has 2 aromatic heterocycles. The zero-order chi connectivity index (χ0) is 101. The predicted octanol–water partition coefficient (Wildman–Crippen LogP) is 20.1. The van der Waals surface area contributed by atoms with Crippen LogP contribution in [-0.4, -0.2) is 183 Å². The molecule has 0 unspecified atom stereocenters. The number of aliphatic hydroxyl groups excluding tert-OH is 1. The number of fused-ring (bicyclic) bond motifs is 6. The van der Waals surface area contributed by atoms with Crippen LogP contribution < -0.4 is 30.6 Å². The molecule has 748 valence electrons. The smallest absolute Gasteiger partial charge is 0.266 e. The van der Waals surface area contributed by atoms with Gasteiger partial charge in [0, 0.05) is 163 Å². The molecule has 8 heterocycles. The molecular weight excluding hydrogens is 1790 g/mol. The summed E-state index contributed by atoms with van der Waals surface area (Å²) in [4.78, 5) is 99.6. The molecule has 0 radical (unpaired) electrons. The number of pyridine rings is 2. The van der Waals surface area contributed by atoms with Gasteiger partial charge < -0.3 is 59.0 Å². The number of carbonyl (C=O) groups excluding carboxylic acids is 4. The Morgan fingerprint density at radius 3 is 1.01 bits per heavy atom. The molecule has 8 aromatic rings. The summed E-state index contributed by atoms with van der Waals surface area (Å²) in [6.07, 6.45) is 73.8. The van der Waals surface area contributed by atoms with Crippen LogP contribution in [0.1, 0.15) is 270 Å². The van der Waals surface area contributed by atoms with Gasteiger partial charge in [-0.05, 0) is 327 Å². The van der Waals surface area contributed by atoms with E-state index < -0.39 is 0 Å². The zero-order valence-corrected chi connectivity index (χ0v) is 86.3. The number of allylic oxidation sites excluding steroid dienone is 4. The van der Waals surface area contributed by atoms with Crippen molar-refractivity contribution in [3.63, 3.8) is 0 Å². The van der Waals surface area contributed by atoms with Crippen molar-refractivity contribution in [1.82, 2.24) is 34.5 Å². The first kappa shape index (κ1) is 99.4. The third-order valence-corrected chi connectivity index (χ3v) is 36.9. The SMILES string of the molecule is C#CC1=C(N2CCC3(CC2)CC3)c2cc(C)ccc2CC1=O.C#CC1=C(N2CCC3(CC2)CC3)c2cc(CO)ccc2CC1=O.C#CC1=C(N2CCC3(CCC3)CC2)c2cc(C)ccc2CC1=O.C#CC1=C(N2CCC3(CCC3)CC2)c2cc(N(C)CCN(C)C)ccc2CC1=O.C#Cc1c(N2CCC3(CC2)CC3)c2cc(OC)ccc2[nH]c1=O.C#Cc1c(N2CCC3(CCC3)CC2)c2cc(C3CC3)ccc2[nH]c1=O. The molecule has 18 heteroatoms. The number of rotatable bonds is 13. The van der Waals surface area contributed by atoms with Crippen molar-refractivity contribution in [2.24, 2.45) is 32.5 Å². The summed E-state index contributed by atoms with van der Waals surface area (Å²) in [5.74, 6) is 17.8. The van der Waals surface area contributed by atoms with Crippen LogP contribution in [0, 0.1) is 120 Å². The van der Waals surface area contributed by atoms with Gasteiger partial charge in [-0.15, -0.1) is 38.5 Å². The van der Waals surface area contributed by atoms with Crippen molar-refractivity contribution in [2.45, 2.75) is 238 Å². The van der Waals surface area contributed by atoms with E-state index in [0.717, 1.165) is 192 Å². The van der Waals surface area contributed by atoms with Gasteiger partial charge in [0.2, 0.25) is 0 Å². The minimum absolute atomic E-state index is 0.00298. The number of benzene rings is 6. The number of aliphatic hydroxyl groups is 1. The molecule has 6 saturated heterocycles. The van der Waals surface area contributed by atoms with Crippen LogP contribution in [0.15, 0.2) is 141 Å². The Kier molecular flexibility index (Phi) is 28.0. The van der Waals surface area contributed by atoms with Gasteiger partial charge >= 0.3 is 0 Å². The van der Waals surface area contributed by atoms with Crippen LogP contribution in [0.5, 0.6) is 5.75 Å². The maximum Gasteiger partial charge on any atom is 0.266 e. The molecule has 6 aromatic carbocycles. The van der Waals surface area contributed by atoms with Gasteiger partial charge in [0.15, 0.2) is 23.1 Å². The molecule has 0 amide bonds. The van der Waals surface area contributed by atoms with Gasteiger partial charge in [-0.3, -0.25) is 28.8 Å². The van der Waals surface area contributed by atoms with E-state index in [4.69, 9.17) is 43.3 Å². The number of nitrogens with one attached hydrogen (secondary N) is 2. The van der Waals surface area contributed by atoms with Crippen LogP contribution in [0.4, 0.5) is 17.1 Å². The number of aromatic amines is 2. The minimum atomic E-state index is -0.188. The lowest BCUT2D eigenvalue weighted by molar-refractivity contribution is -0.115. The van der Waals surface area contributed by atoms with Crippen molar-refractivity contribution >= 4 is 84.8 Å². The number of ether oxygens (including phenoxy) is 1. The molecule has 0 atom stereocenters. The van der Waals surface area contributed by atoms with Crippen LogP contribution in [0.2, 0.25) is 0 Å². The van der Waals surface area contributed by atoms with E-state index in [1.165, 1.54) is 220 Å². The summed E-state index contributed by atoms with van der Waals surface area (Å²) >= 11 is 0. The Morgan fingerprint density at radius 1 is 0.366 bits per heavy atom. The van der Waals surface area contributed by atoms with Crippen LogP contribution in [0.3, 0.4) is 0 Å². The predicted molar refractivity (Wildman–Crippen MR) is 584 cm³/mol. The fourth-order valence-corrected chi connectivity index (χ4v) is 26.0. The lowest BCUT2D eigenvalue weighted by atomic mass is 9.63. The maximum atomic E-state index is 12.8. The maximum absolute atomic E-state index is 12.8. The van der Waals surface area contributed by atoms with Crippen LogP contribution in [0.25, 0.3) is 44.6 Å². The summed E-state index contributed by atoms with van der Waals surface area (Å²) in [6.45, 7) is 18.2. The van der Waals surface area contributed by atoms with Gasteiger partial charge in [0.1, 0.15) is 16.9 Å². The van der Waals surface area contributed by atoms with E-state index in [-0.39, 0.29) is 40.9 Å². The molecule has 0 bridgehead atoms. The van der Waals surface area contributed by atoms with Crippen molar-refractivity contribution in [3.05, 3.63) is 230 Å². The molecule has 6 spiro atoms. The quantitative estimate of drug-likeness (QED) is 0.0924. The number of aromatic nitrogens is 2. The largest absolute Gasteiger partial charge is 0.497 e. The van der Waals surface area contributed by atoms with Crippen LogP contribution in [-0.2, 0) is 51.5 Å². The number of Topliss-reactive ketones (excluding diaryl/α,β-unsaturated/α-hetero) is 4. The number of likely N-dealkylation sites (tertiary alicyclic amines) is 4. The first-order valence-electron chi connectivity index (χ1n) is 53.9. The standard InChI is InChI=1S/C25H33N3O.C22H24N2O.C21H23NO.C20H21NO2.C20H21NO.C19H20N2O2/c1-5-21-23(29)17-19-7-8-20(27(4)16-15-26(2)3)18-22(19)24(21)28-13-11-25(12-14-28)9-6-10-25;1-2-17-20(24-12-10-22(11-13-24)8-3-9-22)18-14-16(15-4-5-15)6-7-19(18)23-21(17)25;1-3-17-19(23)14-16-6-5-15(2)13-18(16)20(17)22-11-9-21(10-12-22)7-4-8-21;1-2-16-18(23)12-15-4-3-14(13-22)11-17(15)19(16)21-9-7-20(5-6-20)8-10-21;1-3-16-18(22)13-15-5-4-14(2)12-17(15)19(16)21-10-8-20(6-7-20)9-11-21;1-3-14-17(21-10-8-19(6-7-19)9-11-21)15-12-13(23-2)4-5-16(15)20-18(14)22/h1,7-8,18H,6,9-17H2,2-4H3;1,6-7,14-15H,3-5,8-13H2,(H,23,25);1,5-6,13H,4,7-12,14H2,2H3;1,3-4,11,22H,5-10,12-13H2;1,4-5,12H,6-11,13H2,2H3;1,4-5,12H,6-11H2,2H3,(H,20,22). The topological polar surface area (TPSA) is 189 Å². The average molecular weight is 1940 g/mol. The lowest BCUT2D eigenvalue weighted by Gasteiger charge is -2.49. The van der Waals surface area contributed by atoms with Gasteiger partial charge in [-0.25, -0.2) is 0 Å². The Morgan fingerprint density at radius 2 is 0.690 bits per heavy atom. The summed E-state index contributed by atoms with van der Waals surface area (Å²) in [5, 5.41) is 11.5. The summed E-state index contributed by atoms with van der Waals surface area (Å²) in [6, 6.07) is 37.3. The van der Waals surface area contributed by atoms with Crippen molar-refractivity contribution in [1.29, 1.82) is 0 Å². The summed E-state index contributed by atoms with van der Waals surface area (Å²) in [5.41, 5.74) is 28.8. The number of likely N-dealkylation sites (N-methyl/N-ethyl adjacent to an activating group) is 2. The van der Waals surface area contributed by atoms with E-state index in [1.807, 2.05) is 36.4 Å². The van der Waals surface area contributed by atoms with E-state index >= 15 is 0 Å². The molecule has 11 aliphatic carbocycles. The molecule has 18 nitrogen and oxygen atoms in total. The second-order valence-electron chi connectivity index (χ2n) is 46.0. The number of aryl methyl sites for hydroxylation is 2. The van der Waals surface area contributed by atoms with Gasteiger partial charge in [0.05, 0.1) is 81.2 Å². The van der Waals surface area contributed by atoms with Crippen molar-refractivity contribution in [2.75, 3.05) is 135 Å². The fourth-order valence-electron chi connectivity index (χ4n) is 26.0. The zero-order valence-electron chi connectivity index (χ0n) is 86.3. The number of hydrogen-bond donors (Lipinski definition) is 3. The highest BCUT2D eigenvalue weighted by Gasteiger charge is 2.50. The fraction of sp³-hybridized carbons (Fsp3) is 0.480. The Bertz CT molecular complexity index is 7010. The van der Waals surface area contributed by atoms with Gasteiger partial charge in [-0.1, -0.05) is 114 Å². The Balaban J connectivity index is 0.000000106. The number of ketones is 4. The first-order chi connectivity index (χ1) is 70.2. The second kappa shape index (κ2) is 40.8. The molecule has 13 fully saturated rings. The van der Waals surface area contributed by atoms with E-state index in [0.29, 0.717) is 97.5 Å². The highest BCUT2D eigenvalue weighted by Crippen LogP contribution is 2.59. The summed E-state index contributed by atoms with van der Waals surface area (Å²) < 4.78 is 5.35. The number of hydrogen-bond acceptors (Lipinski definition) is 16. The number of piperidine rings is 6. The number of nitrogens with zero attached hydrogens (tertiary/aromatic N) is 8. The molecule has 6 aliphatic heterocycles. The van der Waals surface area contributed by atoms with E-state index in [2.05, 4.69) is 192 Å². The monoisotopic (exact) mass is 1940 g/mol. The number of carbonyl (C=O) groups is 4. The van der Waals surface area contributed by atoms with Crippen molar-refractivity contribution < 1.29 is 29.0 Å². The molecule has 3 N–H and O–H groups in total. The molecule has 17 aliphatic rings. The molecular formula is C127H142N10O8.